The zero-order valence-corrected chi connectivity index (χ0v) is 20.1. The van der Waals surface area contributed by atoms with Crippen molar-refractivity contribution in [2.75, 3.05) is 0 Å². The highest BCUT2D eigenvalue weighted by molar-refractivity contribution is 6.26. The third-order valence-electron chi connectivity index (χ3n) is 8.88. The van der Waals surface area contributed by atoms with Crippen LogP contribution in [-0.2, 0) is 5.41 Å². The van der Waals surface area contributed by atoms with Gasteiger partial charge in [-0.05, 0) is 102 Å². The first kappa shape index (κ1) is 18.7. The van der Waals surface area contributed by atoms with E-state index in [0.717, 1.165) is 0 Å². The van der Waals surface area contributed by atoms with Crippen LogP contribution in [0.1, 0.15) is 54.5 Å². The van der Waals surface area contributed by atoms with Crippen LogP contribution in [0, 0.1) is 6.92 Å². The normalized spacial score (nSPS) is 17.4. The van der Waals surface area contributed by atoms with Crippen LogP contribution < -0.4 is 0 Å². The van der Waals surface area contributed by atoms with E-state index in [1.165, 1.54) is 82.4 Å². The topological polar surface area (TPSA) is 0 Å². The highest BCUT2D eigenvalue weighted by Gasteiger charge is 2.39. The summed E-state index contributed by atoms with van der Waals surface area (Å²) in [7, 11) is 0. The van der Waals surface area contributed by atoms with Crippen molar-refractivity contribution in [2.45, 2.75) is 39.0 Å². The van der Waals surface area contributed by atoms with Crippen molar-refractivity contribution in [2.24, 2.45) is 0 Å². The molecule has 0 aromatic heterocycles. The first-order valence-electron chi connectivity index (χ1n) is 12.4. The third-order valence-corrected chi connectivity index (χ3v) is 8.88. The van der Waals surface area contributed by atoms with Gasteiger partial charge in [-0.15, -0.1) is 0 Å². The smallest absolute Gasteiger partial charge is 0.0159 e. The Bertz CT molecular complexity index is 1830. The van der Waals surface area contributed by atoms with Crippen molar-refractivity contribution >= 4 is 32.3 Å². The summed E-state index contributed by atoms with van der Waals surface area (Å²) in [6, 6.07) is 30.5. The summed E-state index contributed by atoms with van der Waals surface area (Å²) >= 11 is 0. The van der Waals surface area contributed by atoms with E-state index in [9.17, 15) is 0 Å². The fraction of sp³-hybridized carbons (Fsp3) is 0.176. The highest BCUT2D eigenvalue weighted by atomic mass is 14.4. The Morgan fingerprint density at radius 3 is 2.18 bits per heavy atom. The van der Waals surface area contributed by atoms with Gasteiger partial charge < -0.3 is 0 Å². The molecule has 0 fully saturated rings. The Hall–Kier alpha value is -3.64. The molecule has 0 amide bonds. The summed E-state index contributed by atoms with van der Waals surface area (Å²) in [6.07, 6.45) is 0. The quantitative estimate of drug-likeness (QED) is 0.209. The van der Waals surface area contributed by atoms with Gasteiger partial charge in [-0.1, -0.05) is 87.0 Å². The van der Waals surface area contributed by atoms with Gasteiger partial charge in [-0.25, -0.2) is 0 Å². The predicted molar refractivity (Wildman–Crippen MR) is 145 cm³/mol. The third kappa shape index (κ3) is 2.07. The number of hydrogen-bond acceptors (Lipinski definition) is 0. The first-order valence-corrected chi connectivity index (χ1v) is 12.4. The summed E-state index contributed by atoms with van der Waals surface area (Å²) in [5.74, 6) is 0.398. The second-order valence-corrected chi connectivity index (χ2v) is 11.1. The molecular weight excluding hydrogens is 408 g/mol. The van der Waals surface area contributed by atoms with Crippen molar-refractivity contribution < 1.29 is 0 Å². The van der Waals surface area contributed by atoms with Gasteiger partial charge in [0.1, 0.15) is 0 Å². The van der Waals surface area contributed by atoms with Gasteiger partial charge in [0.05, 0.1) is 0 Å². The summed E-state index contributed by atoms with van der Waals surface area (Å²) in [5.41, 5.74) is 13.0. The molecule has 0 heterocycles. The first-order chi connectivity index (χ1) is 16.4. The maximum Gasteiger partial charge on any atom is 0.0159 e. The lowest BCUT2D eigenvalue weighted by atomic mass is 9.80. The lowest BCUT2D eigenvalue weighted by Gasteiger charge is -2.22. The summed E-state index contributed by atoms with van der Waals surface area (Å²) in [5, 5.41) is 8.28. The monoisotopic (exact) mass is 434 g/mol. The molecule has 0 bridgehead atoms. The molecule has 6 aromatic rings. The van der Waals surface area contributed by atoms with Crippen molar-refractivity contribution in [3.8, 4) is 22.3 Å². The standard InChI is InChI=1S/C34H26/c1-18-8-12-23-27-16-25-19(2)26-15-22-10-9-20-6-5-7-21-11-13-24(32(22)31(20)21)33(26)28(25)17-30(27)34(3,4)29(23)14-18/h5-17,19H,1-4H3. The molecule has 6 aromatic carbocycles. The van der Waals surface area contributed by atoms with Crippen LogP contribution in [0.5, 0.6) is 0 Å². The van der Waals surface area contributed by atoms with Crippen LogP contribution in [0.4, 0.5) is 0 Å². The summed E-state index contributed by atoms with van der Waals surface area (Å²) in [6.45, 7) is 9.39. The molecule has 0 saturated carbocycles. The van der Waals surface area contributed by atoms with Gasteiger partial charge in [-0.3, -0.25) is 0 Å². The Morgan fingerprint density at radius 2 is 1.35 bits per heavy atom. The van der Waals surface area contributed by atoms with Crippen LogP contribution in [0.2, 0.25) is 0 Å². The molecule has 0 aliphatic heterocycles. The van der Waals surface area contributed by atoms with Crippen molar-refractivity contribution in [3.05, 3.63) is 107 Å². The van der Waals surface area contributed by atoms with Crippen LogP contribution >= 0.6 is 0 Å². The van der Waals surface area contributed by atoms with E-state index in [4.69, 9.17) is 0 Å². The van der Waals surface area contributed by atoms with E-state index in [1.807, 2.05) is 0 Å². The van der Waals surface area contributed by atoms with Gasteiger partial charge in [-0.2, -0.15) is 0 Å². The highest BCUT2D eigenvalue weighted by Crippen LogP contribution is 2.56. The maximum absolute atomic E-state index is 2.54. The van der Waals surface area contributed by atoms with E-state index in [1.54, 1.807) is 0 Å². The van der Waals surface area contributed by atoms with E-state index in [0.29, 0.717) is 5.92 Å². The lowest BCUT2D eigenvalue weighted by Crippen LogP contribution is -2.15. The van der Waals surface area contributed by atoms with E-state index < -0.39 is 0 Å². The second-order valence-electron chi connectivity index (χ2n) is 11.1. The van der Waals surface area contributed by atoms with Crippen molar-refractivity contribution in [1.82, 2.24) is 0 Å². The molecule has 34 heavy (non-hydrogen) atoms. The van der Waals surface area contributed by atoms with Gasteiger partial charge in [0.15, 0.2) is 0 Å². The number of fused-ring (bicyclic) bond motifs is 7. The second kappa shape index (κ2) is 5.88. The largest absolute Gasteiger partial charge is 0.0610 e. The van der Waals surface area contributed by atoms with Gasteiger partial charge in [0, 0.05) is 11.3 Å². The van der Waals surface area contributed by atoms with Crippen LogP contribution in [-0.4, -0.2) is 0 Å². The molecule has 162 valence electrons. The van der Waals surface area contributed by atoms with Crippen LogP contribution in [0.3, 0.4) is 0 Å². The molecule has 0 N–H and O–H groups in total. The summed E-state index contributed by atoms with van der Waals surface area (Å²) in [4.78, 5) is 0. The molecule has 8 rings (SSSR count). The average molecular weight is 435 g/mol. The van der Waals surface area contributed by atoms with E-state index in [-0.39, 0.29) is 5.41 Å². The SMILES string of the molecule is Cc1ccc2c(c1)C(C)(C)c1cc3c(cc1-2)C(C)c1cc2ccc4cccc5ccc(c1-3)c2c45. The molecular formula is C34H26. The maximum atomic E-state index is 2.54. The van der Waals surface area contributed by atoms with E-state index >= 15 is 0 Å². The minimum atomic E-state index is 0.0154. The number of aryl methyl sites for hydroxylation is 1. The zero-order chi connectivity index (χ0) is 22.9. The molecule has 0 nitrogen and oxygen atoms in total. The molecule has 0 spiro atoms. The number of benzene rings is 6. The van der Waals surface area contributed by atoms with Crippen LogP contribution in [0.15, 0.2) is 78.9 Å². The Labute approximate surface area is 200 Å². The average Bonchev–Trinajstić information content (AvgIpc) is 3.24. The van der Waals surface area contributed by atoms with Crippen molar-refractivity contribution in [3.63, 3.8) is 0 Å². The zero-order valence-electron chi connectivity index (χ0n) is 20.1. The summed E-state index contributed by atoms with van der Waals surface area (Å²) < 4.78 is 0. The Kier molecular flexibility index (Phi) is 3.24. The number of hydrogen-bond donors (Lipinski definition) is 0. The molecule has 2 aliphatic carbocycles. The fourth-order valence-corrected chi connectivity index (χ4v) is 7.13. The molecule has 2 aliphatic rings. The van der Waals surface area contributed by atoms with Gasteiger partial charge >= 0.3 is 0 Å². The Morgan fingerprint density at radius 1 is 0.618 bits per heavy atom. The predicted octanol–water partition coefficient (Wildman–Crippen LogP) is 9.33. The molecule has 0 heteroatoms. The van der Waals surface area contributed by atoms with Gasteiger partial charge in [0.25, 0.3) is 0 Å². The molecule has 0 radical (unpaired) electrons. The lowest BCUT2D eigenvalue weighted by molar-refractivity contribution is 0.660. The van der Waals surface area contributed by atoms with Crippen molar-refractivity contribution in [1.29, 1.82) is 0 Å². The molecule has 0 saturated heterocycles. The van der Waals surface area contributed by atoms with Crippen LogP contribution in [0.25, 0.3) is 54.6 Å². The molecule has 1 unspecified atom stereocenters. The molecule has 1 atom stereocenters. The fourth-order valence-electron chi connectivity index (χ4n) is 7.13. The van der Waals surface area contributed by atoms with E-state index in [2.05, 4.69) is 107 Å². The minimum Gasteiger partial charge on any atom is -0.0610 e. The Balaban J connectivity index is 1.49. The van der Waals surface area contributed by atoms with Gasteiger partial charge in [0.2, 0.25) is 0 Å². The number of rotatable bonds is 0. The minimum absolute atomic E-state index is 0.0154.